The van der Waals surface area contributed by atoms with E-state index in [1.165, 1.54) is 11.3 Å². The Bertz CT molecular complexity index is 649. The molecule has 3 heterocycles. The lowest BCUT2D eigenvalue weighted by Gasteiger charge is -2.27. The summed E-state index contributed by atoms with van der Waals surface area (Å²) in [5.74, 6) is 0.503. The number of carbonyl (C=O) groups excluding carboxylic acids is 1. The van der Waals surface area contributed by atoms with Crippen molar-refractivity contribution in [1.82, 2.24) is 9.88 Å². The first kappa shape index (κ1) is 14.3. The van der Waals surface area contributed by atoms with Crippen LogP contribution in [0.5, 0.6) is 0 Å². The van der Waals surface area contributed by atoms with Gasteiger partial charge in [-0.15, -0.1) is 11.3 Å². The summed E-state index contributed by atoms with van der Waals surface area (Å²) in [6.07, 6.45) is 3.75. The third kappa shape index (κ3) is 2.87. The summed E-state index contributed by atoms with van der Waals surface area (Å²) in [4.78, 5) is 20.1. The number of thiophene rings is 1. The van der Waals surface area contributed by atoms with Crippen LogP contribution in [0.3, 0.4) is 0 Å². The average molecular weight is 305 g/mol. The number of carbonyl (C=O) groups is 1. The molecule has 5 nitrogen and oxygen atoms in total. The second-order valence-corrected chi connectivity index (χ2v) is 6.44. The molecule has 0 spiro atoms. The van der Waals surface area contributed by atoms with E-state index in [1.54, 1.807) is 11.1 Å². The third-order valence-electron chi connectivity index (χ3n) is 3.92. The molecule has 0 atom stereocenters. The van der Waals surface area contributed by atoms with Gasteiger partial charge in [-0.1, -0.05) is 0 Å². The number of nitrogens with zero attached hydrogens (tertiary/aromatic N) is 2. The third-order valence-corrected chi connectivity index (χ3v) is 5.04. The zero-order valence-corrected chi connectivity index (χ0v) is 12.9. The minimum absolute atomic E-state index is 0.0120. The van der Waals surface area contributed by atoms with Crippen LogP contribution < -0.4 is 5.73 Å². The van der Waals surface area contributed by atoms with E-state index >= 15 is 0 Å². The molecule has 112 valence electrons. The number of fused-ring (bicyclic) bond motifs is 1. The second kappa shape index (κ2) is 5.99. The fourth-order valence-corrected chi connectivity index (χ4v) is 3.74. The lowest BCUT2D eigenvalue weighted by Crippen LogP contribution is -2.34. The van der Waals surface area contributed by atoms with Crippen LogP contribution in [0.15, 0.2) is 18.3 Å². The van der Waals surface area contributed by atoms with E-state index in [-0.39, 0.29) is 5.91 Å². The summed E-state index contributed by atoms with van der Waals surface area (Å²) < 4.78 is 5.36. The smallest absolute Gasteiger partial charge is 0.265 e. The van der Waals surface area contributed by atoms with E-state index in [0.717, 1.165) is 42.8 Å². The molecular formula is C15H19N3O2S. The number of nitrogen functional groups attached to an aromatic ring is 1. The number of amides is 1. The van der Waals surface area contributed by atoms with Gasteiger partial charge in [-0.3, -0.25) is 4.79 Å². The minimum atomic E-state index is -0.0120. The summed E-state index contributed by atoms with van der Waals surface area (Å²) >= 11 is 1.37. The van der Waals surface area contributed by atoms with Crippen LogP contribution in [-0.2, 0) is 4.74 Å². The van der Waals surface area contributed by atoms with Crippen molar-refractivity contribution in [3.05, 3.63) is 23.2 Å². The number of aromatic nitrogens is 1. The maximum atomic E-state index is 12.6. The summed E-state index contributed by atoms with van der Waals surface area (Å²) in [5, 5.41) is 0.866. The molecule has 1 amide bonds. The molecule has 0 aliphatic carbocycles. The van der Waals surface area contributed by atoms with Crippen LogP contribution >= 0.6 is 11.3 Å². The number of rotatable bonds is 3. The molecular weight excluding hydrogens is 286 g/mol. The molecule has 0 saturated carbocycles. The van der Waals surface area contributed by atoms with E-state index in [9.17, 15) is 4.79 Å². The molecule has 6 heteroatoms. The monoisotopic (exact) mass is 305 g/mol. The quantitative estimate of drug-likeness (QED) is 0.945. The fourth-order valence-electron chi connectivity index (χ4n) is 2.68. The van der Waals surface area contributed by atoms with Crippen LogP contribution in [0, 0.1) is 5.92 Å². The van der Waals surface area contributed by atoms with Gasteiger partial charge in [-0.25, -0.2) is 4.98 Å². The largest absolute Gasteiger partial charge is 0.397 e. The summed E-state index contributed by atoms with van der Waals surface area (Å²) in [6, 6.07) is 3.74. The first-order chi connectivity index (χ1) is 10.2. The molecule has 3 rings (SSSR count). The minimum Gasteiger partial charge on any atom is -0.397 e. The maximum absolute atomic E-state index is 12.6. The Labute approximate surface area is 127 Å². The van der Waals surface area contributed by atoms with Crippen molar-refractivity contribution in [2.75, 3.05) is 32.5 Å². The predicted octanol–water partition coefficient (Wildman–Crippen LogP) is 2.38. The predicted molar refractivity (Wildman–Crippen MR) is 84.5 cm³/mol. The topological polar surface area (TPSA) is 68.5 Å². The highest BCUT2D eigenvalue weighted by atomic mass is 32.1. The molecule has 1 saturated heterocycles. The SMILES string of the molecule is CN(CC1CCOCC1)C(=O)c1sc2ncccc2c1N. The molecule has 2 aromatic heterocycles. The Balaban J connectivity index is 1.77. The standard InChI is InChI=1S/C15H19N3O2S/c1-18(9-10-4-7-20-8-5-10)15(19)13-12(16)11-3-2-6-17-14(11)21-13/h2-3,6,10H,4-5,7-9,16H2,1H3. The van der Waals surface area contributed by atoms with Crippen molar-refractivity contribution in [2.24, 2.45) is 5.92 Å². The molecule has 0 aromatic carbocycles. The van der Waals surface area contributed by atoms with Gasteiger partial charge in [0.2, 0.25) is 0 Å². The number of hydrogen-bond donors (Lipinski definition) is 1. The van der Waals surface area contributed by atoms with E-state index in [4.69, 9.17) is 10.5 Å². The Morgan fingerprint density at radius 2 is 2.29 bits per heavy atom. The van der Waals surface area contributed by atoms with Gasteiger partial charge in [-0.2, -0.15) is 0 Å². The van der Waals surface area contributed by atoms with Crippen LogP contribution in [-0.4, -0.2) is 42.6 Å². The Morgan fingerprint density at radius 1 is 1.52 bits per heavy atom. The Morgan fingerprint density at radius 3 is 3.00 bits per heavy atom. The molecule has 1 fully saturated rings. The number of pyridine rings is 1. The van der Waals surface area contributed by atoms with Crippen LogP contribution in [0.1, 0.15) is 22.5 Å². The highest BCUT2D eigenvalue weighted by molar-refractivity contribution is 7.21. The highest BCUT2D eigenvalue weighted by Gasteiger charge is 2.23. The zero-order valence-electron chi connectivity index (χ0n) is 12.0. The van der Waals surface area contributed by atoms with Crippen molar-refractivity contribution in [1.29, 1.82) is 0 Å². The lowest BCUT2D eigenvalue weighted by atomic mass is 10.00. The van der Waals surface area contributed by atoms with Gasteiger partial charge in [0, 0.05) is 38.4 Å². The van der Waals surface area contributed by atoms with Crippen molar-refractivity contribution in [3.8, 4) is 0 Å². The molecule has 1 aliphatic rings. The fraction of sp³-hybridized carbons (Fsp3) is 0.467. The Kier molecular flexibility index (Phi) is 4.07. The first-order valence-corrected chi connectivity index (χ1v) is 7.94. The van der Waals surface area contributed by atoms with Gasteiger partial charge >= 0.3 is 0 Å². The van der Waals surface area contributed by atoms with E-state index in [1.807, 2.05) is 19.2 Å². The number of hydrogen-bond acceptors (Lipinski definition) is 5. The van der Waals surface area contributed by atoms with Gasteiger partial charge in [0.25, 0.3) is 5.91 Å². The summed E-state index contributed by atoms with van der Waals surface area (Å²) in [7, 11) is 1.84. The van der Waals surface area contributed by atoms with E-state index < -0.39 is 0 Å². The maximum Gasteiger partial charge on any atom is 0.265 e. The molecule has 0 unspecified atom stereocenters. The van der Waals surface area contributed by atoms with E-state index in [2.05, 4.69) is 4.98 Å². The molecule has 1 aliphatic heterocycles. The second-order valence-electron chi connectivity index (χ2n) is 5.44. The summed E-state index contributed by atoms with van der Waals surface area (Å²) in [5.41, 5.74) is 6.66. The van der Waals surface area contributed by atoms with Gasteiger partial charge < -0.3 is 15.4 Å². The van der Waals surface area contributed by atoms with Gasteiger partial charge in [0.1, 0.15) is 9.71 Å². The lowest BCUT2D eigenvalue weighted by molar-refractivity contribution is 0.0499. The van der Waals surface area contributed by atoms with Crippen LogP contribution in [0.25, 0.3) is 10.2 Å². The Hall–Kier alpha value is -1.66. The van der Waals surface area contributed by atoms with Gasteiger partial charge in [0.15, 0.2) is 0 Å². The van der Waals surface area contributed by atoms with Gasteiger partial charge in [0.05, 0.1) is 5.69 Å². The average Bonchev–Trinajstić information content (AvgIpc) is 2.85. The number of anilines is 1. The van der Waals surface area contributed by atoms with Crippen LogP contribution in [0.2, 0.25) is 0 Å². The summed E-state index contributed by atoms with van der Waals surface area (Å²) in [6.45, 7) is 2.34. The van der Waals surface area contributed by atoms with Gasteiger partial charge in [-0.05, 0) is 30.9 Å². The molecule has 2 N–H and O–H groups in total. The molecule has 0 bridgehead atoms. The molecule has 0 radical (unpaired) electrons. The number of nitrogens with two attached hydrogens (primary N) is 1. The van der Waals surface area contributed by atoms with Crippen molar-refractivity contribution < 1.29 is 9.53 Å². The van der Waals surface area contributed by atoms with Crippen molar-refractivity contribution >= 4 is 33.1 Å². The van der Waals surface area contributed by atoms with Crippen molar-refractivity contribution in [3.63, 3.8) is 0 Å². The number of ether oxygens (including phenoxy) is 1. The first-order valence-electron chi connectivity index (χ1n) is 7.13. The molecule has 2 aromatic rings. The van der Waals surface area contributed by atoms with Crippen LogP contribution in [0.4, 0.5) is 5.69 Å². The normalized spacial score (nSPS) is 16.2. The highest BCUT2D eigenvalue weighted by Crippen LogP contribution is 2.32. The zero-order chi connectivity index (χ0) is 14.8. The van der Waals surface area contributed by atoms with E-state index in [0.29, 0.717) is 16.5 Å². The molecule has 21 heavy (non-hydrogen) atoms. The van der Waals surface area contributed by atoms with Crippen molar-refractivity contribution in [2.45, 2.75) is 12.8 Å².